The zero-order valence-corrected chi connectivity index (χ0v) is 12.8. The van der Waals surface area contributed by atoms with E-state index in [2.05, 4.69) is 0 Å². The van der Waals surface area contributed by atoms with E-state index >= 15 is 0 Å². The number of nitrogen functional groups attached to an aromatic ring is 1. The summed E-state index contributed by atoms with van der Waals surface area (Å²) in [7, 11) is -1.23. The molecule has 0 fully saturated rings. The van der Waals surface area contributed by atoms with E-state index in [4.69, 9.17) is 22.1 Å². The Kier molecular flexibility index (Phi) is 5.59. The van der Waals surface area contributed by atoms with Crippen LogP contribution in [0.25, 0.3) is 0 Å². The van der Waals surface area contributed by atoms with E-state index in [9.17, 15) is 8.60 Å². The largest absolute Gasteiger partial charge is 0.491 e. The number of halogens is 2. The summed E-state index contributed by atoms with van der Waals surface area (Å²) in [6.07, 6.45) is 0.593. The van der Waals surface area contributed by atoms with E-state index in [1.54, 1.807) is 12.1 Å². The minimum Gasteiger partial charge on any atom is -0.491 e. The minimum atomic E-state index is -1.23. The lowest BCUT2D eigenvalue weighted by atomic mass is 10.3. The molecule has 0 aromatic heterocycles. The molecule has 0 saturated heterocycles. The SMILES string of the molecule is Nc1ccccc1OCCCS(=O)c1ccc(F)c(Cl)c1. The third kappa shape index (κ3) is 4.44. The molecule has 2 rings (SSSR count). The molecular formula is C15H15ClFNO2S. The molecule has 0 radical (unpaired) electrons. The number of hydrogen-bond donors (Lipinski definition) is 1. The molecule has 1 unspecified atom stereocenters. The van der Waals surface area contributed by atoms with E-state index in [0.717, 1.165) is 0 Å². The van der Waals surface area contributed by atoms with Crippen LogP contribution in [0.4, 0.5) is 10.1 Å². The molecule has 0 heterocycles. The molecule has 112 valence electrons. The van der Waals surface area contributed by atoms with Gasteiger partial charge in [0.15, 0.2) is 0 Å². The van der Waals surface area contributed by atoms with Crippen LogP contribution in [-0.4, -0.2) is 16.6 Å². The van der Waals surface area contributed by atoms with Crippen LogP contribution in [0.2, 0.25) is 5.02 Å². The molecule has 0 aliphatic carbocycles. The Morgan fingerprint density at radius 1 is 1.24 bits per heavy atom. The van der Waals surface area contributed by atoms with Crippen molar-refractivity contribution in [3.8, 4) is 5.75 Å². The average molecular weight is 328 g/mol. The fourth-order valence-electron chi connectivity index (χ4n) is 1.72. The Morgan fingerprint density at radius 2 is 2.00 bits per heavy atom. The molecule has 0 spiro atoms. The van der Waals surface area contributed by atoms with Crippen LogP contribution in [0, 0.1) is 5.82 Å². The Hall–Kier alpha value is -1.59. The molecule has 1 atom stereocenters. The number of anilines is 1. The molecule has 21 heavy (non-hydrogen) atoms. The van der Waals surface area contributed by atoms with E-state index in [1.165, 1.54) is 18.2 Å². The van der Waals surface area contributed by atoms with Gasteiger partial charge in [-0.25, -0.2) is 4.39 Å². The molecule has 0 saturated carbocycles. The lowest BCUT2D eigenvalue weighted by Crippen LogP contribution is -2.06. The summed E-state index contributed by atoms with van der Waals surface area (Å²) < 4.78 is 30.6. The van der Waals surface area contributed by atoms with Crippen molar-refractivity contribution in [1.29, 1.82) is 0 Å². The van der Waals surface area contributed by atoms with Gasteiger partial charge in [-0.15, -0.1) is 0 Å². The molecule has 0 amide bonds. The smallest absolute Gasteiger partial charge is 0.142 e. The number of para-hydroxylation sites is 2. The van der Waals surface area contributed by atoms with Gasteiger partial charge in [-0.1, -0.05) is 23.7 Å². The third-order valence-corrected chi connectivity index (χ3v) is 4.53. The second-order valence-electron chi connectivity index (χ2n) is 4.37. The van der Waals surface area contributed by atoms with Crippen molar-refractivity contribution < 1.29 is 13.3 Å². The van der Waals surface area contributed by atoms with Gasteiger partial charge >= 0.3 is 0 Å². The molecule has 0 bridgehead atoms. The zero-order chi connectivity index (χ0) is 15.2. The van der Waals surface area contributed by atoms with Crippen LogP contribution in [0.3, 0.4) is 0 Å². The maximum atomic E-state index is 13.0. The van der Waals surface area contributed by atoms with E-state index < -0.39 is 16.6 Å². The van der Waals surface area contributed by atoms with Gasteiger partial charge in [0.1, 0.15) is 11.6 Å². The fraction of sp³-hybridized carbons (Fsp3) is 0.200. The summed E-state index contributed by atoms with van der Waals surface area (Å²) in [6, 6.07) is 11.3. The maximum Gasteiger partial charge on any atom is 0.142 e. The predicted octanol–water partition coefficient (Wildman–Crippen LogP) is 3.64. The monoisotopic (exact) mass is 327 g/mol. The first-order chi connectivity index (χ1) is 10.1. The first kappa shape index (κ1) is 15.8. The highest BCUT2D eigenvalue weighted by molar-refractivity contribution is 7.85. The van der Waals surface area contributed by atoms with Crippen molar-refractivity contribution in [3.63, 3.8) is 0 Å². The molecular weight excluding hydrogens is 313 g/mol. The first-order valence-electron chi connectivity index (χ1n) is 6.38. The van der Waals surface area contributed by atoms with Crippen molar-refractivity contribution in [1.82, 2.24) is 0 Å². The molecule has 2 aromatic rings. The van der Waals surface area contributed by atoms with Crippen molar-refractivity contribution in [2.75, 3.05) is 18.1 Å². The molecule has 0 aliphatic rings. The van der Waals surface area contributed by atoms with Gasteiger partial charge in [0.25, 0.3) is 0 Å². The lowest BCUT2D eigenvalue weighted by Gasteiger charge is -2.08. The van der Waals surface area contributed by atoms with Gasteiger partial charge in [0, 0.05) is 10.6 Å². The first-order valence-corrected chi connectivity index (χ1v) is 8.08. The van der Waals surface area contributed by atoms with Gasteiger partial charge < -0.3 is 10.5 Å². The third-order valence-electron chi connectivity index (χ3n) is 2.80. The second-order valence-corrected chi connectivity index (χ2v) is 6.34. The molecule has 2 aromatic carbocycles. The maximum absolute atomic E-state index is 13.0. The average Bonchev–Trinajstić information content (AvgIpc) is 2.48. The van der Waals surface area contributed by atoms with Crippen LogP contribution in [0.15, 0.2) is 47.4 Å². The number of benzene rings is 2. The summed E-state index contributed by atoms with van der Waals surface area (Å²) >= 11 is 5.67. The van der Waals surface area contributed by atoms with E-state index in [0.29, 0.717) is 35.1 Å². The van der Waals surface area contributed by atoms with Gasteiger partial charge in [0.05, 0.1) is 28.1 Å². The number of rotatable bonds is 6. The topological polar surface area (TPSA) is 52.3 Å². The van der Waals surface area contributed by atoms with Crippen LogP contribution < -0.4 is 10.5 Å². The highest BCUT2D eigenvalue weighted by Crippen LogP contribution is 2.21. The summed E-state index contributed by atoms with van der Waals surface area (Å²) in [5, 5.41) is -0.0193. The van der Waals surface area contributed by atoms with Gasteiger partial charge in [-0.2, -0.15) is 0 Å². The lowest BCUT2D eigenvalue weighted by molar-refractivity contribution is 0.320. The molecule has 2 N–H and O–H groups in total. The second kappa shape index (κ2) is 7.43. The van der Waals surface area contributed by atoms with Crippen LogP contribution in [-0.2, 0) is 10.8 Å². The summed E-state index contributed by atoms with van der Waals surface area (Å²) in [5.74, 6) is 0.516. The summed E-state index contributed by atoms with van der Waals surface area (Å²) in [6.45, 7) is 0.412. The van der Waals surface area contributed by atoms with Crippen molar-refractivity contribution in [3.05, 3.63) is 53.3 Å². The Labute approximate surface area is 130 Å². The van der Waals surface area contributed by atoms with Gasteiger partial charge in [0.2, 0.25) is 0 Å². The molecule has 3 nitrogen and oxygen atoms in total. The molecule has 0 aliphatic heterocycles. The van der Waals surface area contributed by atoms with Crippen LogP contribution >= 0.6 is 11.6 Å². The minimum absolute atomic E-state index is 0.0193. The summed E-state index contributed by atoms with van der Waals surface area (Å²) in [5.41, 5.74) is 6.32. The molecule has 6 heteroatoms. The van der Waals surface area contributed by atoms with Gasteiger partial charge in [-0.3, -0.25) is 4.21 Å². The van der Waals surface area contributed by atoms with Crippen molar-refractivity contribution in [2.45, 2.75) is 11.3 Å². The highest BCUT2D eigenvalue weighted by atomic mass is 35.5. The number of hydrogen-bond acceptors (Lipinski definition) is 3. The standard InChI is InChI=1S/C15H15ClFNO2S/c16-12-10-11(6-7-13(12)17)21(19)9-3-8-20-15-5-2-1-4-14(15)18/h1-2,4-7,10H,3,8-9,18H2. The predicted molar refractivity (Wildman–Crippen MR) is 83.7 cm³/mol. The van der Waals surface area contributed by atoms with Crippen molar-refractivity contribution in [2.24, 2.45) is 0 Å². The van der Waals surface area contributed by atoms with E-state index in [-0.39, 0.29) is 5.02 Å². The van der Waals surface area contributed by atoms with Crippen LogP contribution in [0.1, 0.15) is 6.42 Å². The van der Waals surface area contributed by atoms with E-state index in [1.807, 2.05) is 12.1 Å². The Bertz CT molecular complexity index is 651. The van der Waals surface area contributed by atoms with Crippen molar-refractivity contribution >= 4 is 28.1 Å². The highest BCUT2D eigenvalue weighted by Gasteiger charge is 2.07. The normalized spacial score (nSPS) is 12.1. The summed E-state index contributed by atoms with van der Waals surface area (Å²) in [4.78, 5) is 0.514. The van der Waals surface area contributed by atoms with Crippen LogP contribution in [0.5, 0.6) is 5.75 Å². The zero-order valence-electron chi connectivity index (χ0n) is 11.2. The van der Waals surface area contributed by atoms with Gasteiger partial charge in [-0.05, 0) is 36.8 Å². The fourth-order valence-corrected chi connectivity index (χ4v) is 3.05. The number of ether oxygens (including phenoxy) is 1. The number of nitrogens with two attached hydrogens (primary N) is 1. The quantitative estimate of drug-likeness (QED) is 0.651. The Morgan fingerprint density at radius 3 is 2.71 bits per heavy atom. The Balaban J connectivity index is 1.82.